The number of ether oxygens (including phenoxy) is 1. The highest BCUT2D eigenvalue weighted by Gasteiger charge is 1.81. The Hall–Kier alpha value is -1.31. The van der Waals surface area contributed by atoms with Crippen molar-refractivity contribution in [1.29, 1.82) is 0 Å². The quantitative estimate of drug-likeness (QED) is 0.614. The summed E-state index contributed by atoms with van der Waals surface area (Å²) >= 11 is 0. The van der Waals surface area contributed by atoms with Crippen molar-refractivity contribution in [2.24, 2.45) is 0 Å². The van der Waals surface area contributed by atoms with Crippen LogP contribution in [0.25, 0.3) is 6.08 Å². The Kier molecular flexibility index (Phi) is 3.19. The molecule has 0 saturated carbocycles. The van der Waals surface area contributed by atoms with Crippen LogP contribution in [0.15, 0.2) is 30.8 Å². The van der Waals surface area contributed by atoms with Gasteiger partial charge in [0.25, 0.3) is 0 Å². The molecule has 1 heterocycles. The molecule has 2 heteroatoms. The minimum atomic E-state index is 0.705. The molecule has 0 spiro atoms. The normalized spacial score (nSPS) is 10.3. The van der Waals surface area contributed by atoms with Crippen LogP contribution < -0.4 is 0 Å². The lowest BCUT2D eigenvalue weighted by Gasteiger charge is -1.92. The fourth-order valence-corrected chi connectivity index (χ4v) is 0.697. The molecule has 0 radical (unpaired) electrons. The average molecular weight is 149 g/mol. The SMILES string of the molecule is CCOC=Cc1cccnc1. The molecule has 0 N–H and O–H groups in total. The summed E-state index contributed by atoms with van der Waals surface area (Å²) in [5.41, 5.74) is 1.06. The van der Waals surface area contributed by atoms with Crippen molar-refractivity contribution in [1.82, 2.24) is 4.98 Å². The van der Waals surface area contributed by atoms with Crippen LogP contribution in [0.5, 0.6) is 0 Å². The lowest BCUT2D eigenvalue weighted by molar-refractivity contribution is 0.272. The minimum absolute atomic E-state index is 0.705. The molecule has 0 bridgehead atoms. The number of pyridine rings is 1. The van der Waals surface area contributed by atoms with E-state index < -0.39 is 0 Å². The van der Waals surface area contributed by atoms with Crippen molar-refractivity contribution in [3.8, 4) is 0 Å². The zero-order chi connectivity index (χ0) is 7.94. The molecule has 1 aromatic heterocycles. The molecule has 0 amide bonds. The maximum Gasteiger partial charge on any atom is 0.0845 e. The zero-order valence-corrected chi connectivity index (χ0v) is 6.53. The highest BCUT2D eigenvalue weighted by Crippen LogP contribution is 1.97. The van der Waals surface area contributed by atoms with Gasteiger partial charge in [-0.2, -0.15) is 0 Å². The van der Waals surface area contributed by atoms with Crippen LogP contribution in [0, 0.1) is 0 Å². The second kappa shape index (κ2) is 4.50. The van der Waals surface area contributed by atoms with E-state index >= 15 is 0 Å². The fraction of sp³-hybridized carbons (Fsp3) is 0.222. The van der Waals surface area contributed by atoms with E-state index in [1.54, 1.807) is 18.7 Å². The fourth-order valence-electron chi connectivity index (χ4n) is 0.697. The Morgan fingerprint density at radius 3 is 3.18 bits per heavy atom. The van der Waals surface area contributed by atoms with Crippen LogP contribution in [-0.2, 0) is 4.74 Å². The second-order valence-electron chi connectivity index (χ2n) is 2.04. The molecule has 2 nitrogen and oxygen atoms in total. The molecule has 0 fully saturated rings. The highest BCUT2D eigenvalue weighted by molar-refractivity contribution is 5.45. The maximum atomic E-state index is 5.03. The summed E-state index contributed by atoms with van der Waals surface area (Å²) in [6.07, 6.45) is 7.10. The van der Waals surface area contributed by atoms with Gasteiger partial charge in [-0.15, -0.1) is 0 Å². The van der Waals surface area contributed by atoms with Crippen LogP contribution in [0.2, 0.25) is 0 Å². The number of aromatic nitrogens is 1. The average Bonchev–Trinajstić information content (AvgIpc) is 2.07. The van der Waals surface area contributed by atoms with E-state index in [0.29, 0.717) is 6.61 Å². The third-order valence-corrected chi connectivity index (χ3v) is 1.21. The Balaban J connectivity index is 2.50. The monoisotopic (exact) mass is 149 g/mol. The number of rotatable bonds is 3. The summed E-state index contributed by atoms with van der Waals surface area (Å²) in [6, 6.07) is 3.87. The van der Waals surface area contributed by atoms with E-state index in [4.69, 9.17) is 4.74 Å². The molecule has 0 aromatic carbocycles. The first-order valence-electron chi connectivity index (χ1n) is 3.61. The van der Waals surface area contributed by atoms with Crippen LogP contribution in [-0.4, -0.2) is 11.6 Å². The van der Waals surface area contributed by atoms with Gasteiger partial charge in [-0.3, -0.25) is 4.98 Å². The lowest BCUT2D eigenvalue weighted by Crippen LogP contribution is -1.77. The van der Waals surface area contributed by atoms with E-state index in [9.17, 15) is 0 Å². The first kappa shape index (κ1) is 7.79. The molecule has 0 aliphatic heterocycles. The summed E-state index contributed by atoms with van der Waals surface area (Å²) in [4.78, 5) is 3.96. The van der Waals surface area contributed by atoms with Crippen molar-refractivity contribution < 1.29 is 4.74 Å². The molecule has 0 atom stereocenters. The molecule has 1 aromatic rings. The largest absolute Gasteiger partial charge is 0.501 e. The van der Waals surface area contributed by atoms with Crippen LogP contribution >= 0.6 is 0 Å². The maximum absolute atomic E-state index is 5.03. The predicted molar refractivity (Wildman–Crippen MR) is 44.9 cm³/mol. The summed E-state index contributed by atoms with van der Waals surface area (Å²) in [6.45, 7) is 2.66. The Morgan fingerprint density at radius 2 is 2.55 bits per heavy atom. The Labute approximate surface area is 66.5 Å². The number of nitrogens with zero attached hydrogens (tertiary/aromatic N) is 1. The number of hydrogen-bond donors (Lipinski definition) is 0. The molecule has 0 aliphatic rings. The van der Waals surface area contributed by atoms with Crippen LogP contribution in [0.4, 0.5) is 0 Å². The van der Waals surface area contributed by atoms with Crippen LogP contribution in [0.1, 0.15) is 12.5 Å². The van der Waals surface area contributed by atoms with Crippen molar-refractivity contribution in [3.63, 3.8) is 0 Å². The molecule has 58 valence electrons. The van der Waals surface area contributed by atoms with Crippen molar-refractivity contribution in [3.05, 3.63) is 36.4 Å². The molecule has 0 unspecified atom stereocenters. The molecular weight excluding hydrogens is 138 g/mol. The van der Waals surface area contributed by atoms with Gasteiger partial charge in [0, 0.05) is 12.4 Å². The Morgan fingerprint density at radius 1 is 1.64 bits per heavy atom. The number of hydrogen-bond acceptors (Lipinski definition) is 2. The highest BCUT2D eigenvalue weighted by atomic mass is 16.5. The van der Waals surface area contributed by atoms with Gasteiger partial charge in [0.1, 0.15) is 0 Å². The van der Waals surface area contributed by atoms with E-state index in [1.807, 2.05) is 25.1 Å². The van der Waals surface area contributed by atoms with E-state index in [-0.39, 0.29) is 0 Å². The van der Waals surface area contributed by atoms with Gasteiger partial charge in [0.05, 0.1) is 12.9 Å². The summed E-state index contributed by atoms with van der Waals surface area (Å²) in [5.74, 6) is 0. The molecular formula is C9H11NO. The van der Waals surface area contributed by atoms with E-state index in [0.717, 1.165) is 5.56 Å². The van der Waals surface area contributed by atoms with Gasteiger partial charge in [-0.25, -0.2) is 0 Å². The van der Waals surface area contributed by atoms with Gasteiger partial charge >= 0.3 is 0 Å². The van der Waals surface area contributed by atoms with Gasteiger partial charge in [-0.05, 0) is 24.6 Å². The predicted octanol–water partition coefficient (Wildman–Crippen LogP) is 2.09. The van der Waals surface area contributed by atoms with Crippen molar-refractivity contribution in [2.45, 2.75) is 6.92 Å². The zero-order valence-electron chi connectivity index (χ0n) is 6.53. The third kappa shape index (κ3) is 2.85. The summed E-state index contributed by atoms with van der Waals surface area (Å²) in [5, 5.41) is 0. The van der Waals surface area contributed by atoms with E-state index in [1.165, 1.54) is 0 Å². The summed E-state index contributed by atoms with van der Waals surface area (Å²) in [7, 11) is 0. The smallest absolute Gasteiger partial charge is 0.0845 e. The minimum Gasteiger partial charge on any atom is -0.501 e. The molecule has 0 saturated heterocycles. The van der Waals surface area contributed by atoms with Gasteiger partial charge < -0.3 is 4.74 Å². The van der Waals surface area contributed by atoms with E-state index in [2.05, 4.69) is 4.98 Å². The standard InChI is InChI=1S/C9H11NO/c1-2-11-7-5-9-4-3-6-10-8-9/h3-8H,2H2,1H3. The van der Waals surface area contributed by atoms with Crippen molar-refractivity contribution in [2.75, 3.05) is 6.61 Å². The third-order valence-electron chi connectivity index (χ3n) is 1.21. The summed E-state index contributed by atoms with van der Waals surface area (Å²) < 4.78 is 5.03. The Bertz CT molecular complexity index is 218. The van der Waals surface area contributed by atoms with Gasteiger partial charge in [0.15, 0.2) is 0 Å². The molecule has 1 rings (SSSR count). The van der Waals surface area contributed by atoms with Crippen LogP contribution in [0.3, 0.4) is 0 Å². The molecule has 11 heavy (non-hydrogen) atoms. The van der Waals surface area contributed by atoms with Gasteiger partial charge in [0.2, 0.25) is 0 Å². The molecule has 0 aliphatic carbocycles. The van der Waals surface area contributed by atoms with Crippen molar-refractivity contribution >= 4 is 6.08 Å². The topological polar surface area (TPSA) is 22.1 Å². The second-order valence-corrected chi connectivity index (χ2v) is 2.04. The lowest BCUT2D eigenvalue weighted by atomic mass is 10.3. The first-order chi connectivity index (χ1) is 5.43. The van der Waals surface area contributed by atoms with Gasteiger partial charge in [-0.1, -0.05) is 6.07 Å². The first-order valence-corrected chi connectivity index (χ1v) is 3.61.